The molecule has 1 aromatic rings. The minimum Gasteiger partial charge on any atom is -0.469 e. The summed E-state index contributed by atoms with van der Waals surface area (Å²) in [6, 6.07) is 3.86. The van der Waals surface area contributed by atoms with Gasteiger partial charge < -0.3 is 9.73 Å². The third kappa shape index (κ3) is 1.91. The summed E-state index contributed by atoms with van der Waals surface area (Å²) in [5.41, 5.74) is -0.102. The van der Waals surface area contributed by atoms with Crippen LogP contribution in [0.5, 0.6) is 0 Å². The molecule has 2 heterocycles. The summed E-state index contributed by atoms with van der Waals surface area (Å²) < 4.78 is 5.35. The molecule has 1 aliphatic rings. The highest BCUT2D eigenvalue weighted by molar-refractivity contribution is 5.79. The van der Waals surface area contributed by atoms with Crippen molar-refractivity contribution in [3.05, 3.63) is 24.2 Å². The molecule has 0 spiro atoms. The van der Waals surface area contributed by atoms with Crippen LogP contribution < -0.4 is 5.32 Å². The van der Waals surface area contributed by atoms with E-state index < -0.39 is 0 Å². The standard InChI is InChI=1S/C12H17NO2/c1-9(2)12(6-5-11(14)13-12)8-10-4-3-7-15-10/h3-4,7,9H,5-6,8H2,1-2H3,(H,13,14). The first-order valence-corrected chi connectivity index (χ1v) is 5.46. The van der Waals surface area contributed by atoms with Gasteiger partial charge in [-0.1, -0.05) is 13.8 Å². The number of nitrogens with one attached hydrogen (secondary N) is 1. The van der Waals surface area contributed by atoms with Crippen molar-refractivity contribution in [2.24, 2.45) is 5.92 Å². The van der Waals surface area contributed by atoms with Crippen molar-refractivity contribution >= 4 is 5.91 Å². The minimum absolute atomic E-state index is 0.102. The van der Waals surface area contributed by atoms with Gasteiger partial charge in [0.15, 0.2) is 0 Å². The summed E-state index contributed by atoms with van der Waals surface area (Å²) in [6.45, 7) is 4.29. The van der Waals surface area contributed by atoms with Crippen molar-refractivity contribution in [3.8, 4) is 0 Å². The molecule has 1 aliphatic heterocycles. The Morgan fingerprint density at radius 2 is 2.40 bits per heavy atom. The second-order valence-electron chi connectivity index (χ2n) is 4.62. The molecule has 3 nitrogen and oxygen atoms in total. The third-order valence-electron chi connectivity index (χ3n) is 3.36. The average molecular weight is 207 g/mol. The van der Waals surface area contributed by atoms with Crippen LogP contribution in [0.4, 0.5) is 0 Å². The molecule has 3 heteroatoms. The maximum atomic E-state index is 11.3. The molecule has 1 fully saturated rings. The monoisotopic (exact) mass is 207 g/mol. The molecule has 0 aromatic carbocycles. The molecular formula is C12H17NO2. The lowest BCUT2D eigenvalue weighted by Crippen LogP contribution is -2.48. The summed E-state index contributed by atoms with van der Waals surface area (Å²) in [6.07, 6.45) is 4.02. The number of furan rings is 1. The van der Waals surface area contributed by atoms with Gasteiger partial charge in [0.1, 0.15) is 5.76 Å². The van der Waals surface area contributed by atoms with Crippen LogP contribution in [0.1, 0.15) is 32.4 Å². The Hall–Kier alpha value is -1.25. The maximum absolute atomic E-state index is 11.3. The molecule has 0 saturated carbocycles. The van der Waals surface area contributed by atoms with Crippen LogP contribution in [0.15, 0.2) is 22.8 Å². The Balaban J connectivity index is 2.17. The Morgan fingerprint density at radius 1 is 1.60 bits per heavy atom. The van der Waals surface area contributed by atoms with E-state index in [1.807, 2.05) is 12.1 Å². The molecule has 82 valence electrons. The number of rotatable bonds is 3. The Bertz CT molecular complexity index is 343. The number of carbonyl (C=O) groups excluding carboxylic acids is 1. The van der Waals surface area contributed by atoms with E-state index in [0.29, 0.717) is 12.3 Å². The molecule has 1 N–H and O–H groups in total. The van der Waals surface area contributed by atoms with Gasteiger partial charge in [0, 0.05) is 18.4 Å². The fourth-order valence-electron chi connectivity index (χ4n) is 2.23. The van der Waals surface area contributed by atoms with E-state index in [9.17, 15) is 4.79 Å². The van der Waals surface area contributed by atoms with Gasteiger partial charge in [-0.15, -0.1) is 0 Å². The SMILES string of the molecule is CC(C)C1(Cc2ccco2)CCC(=O)N1. The maximum Gasteiger partial charge on any atom is 0.220 e. The summed E-state index contributed by atoms with van der Waals surface area (Å²) in [7, 11) is 0. The van der Waals surface area contributed by atoms with E-state index >= 15 is 0 Å². The smallest absolute Gasteiger partial charge is 0.220 e. The van der Waals surface area contributed by atoms with E-state index in [1.165, 1.54) is 0 Å². The van der Waals surface area contributed by atoms with E-state index in [-0.39, 0.29) is 11.4 Å². The van der Waals surface area contributed by atoms with Crippen molar-refractivity contribution in [3.63, 3.8) is 0 Å². The van der Waals surface area contributed by atoms with Crippen LogP contribution in [-0.2, 0) is 11.2 Å². The zero-order valence-corrected chi connectivity index (χ0v) is 9.25. The van der Waals surface area contributed by atoms with Crippen LogP contribution in [0.25, 0.3) is 0 Å². The van der Waals surface area contributed by atoms with Crippen LogP contribution in [0.2, 0.25) is 0 Å². The molecule has 15 heavy (non-hydrogen) atoms. The van der Waals surface area contributed by atoms with Crippen LogP contribution in [-0.4, -0.2) is 11.4 Å². The van der Waals surface area contributed by atoms with Crippen molar-refractivity contribution < 1.29 is 9.21 Å². The lowest BCUT2D eigenvalue weighted by Gasteiger charge is -2.32. The molecule has 1 aromatic heterocycles. The molecular weight excluding hydrogens is 190 g/mol. The van der Waals surface area contributed by atoms with E-state index in [2.05, 4.69) is 19.2 Å². The Labute approximate surface area is 89.9 Å². The number of carbonyl (C=O) groups is 1. The van der Waals surface area contributed by atoms with Crippen LogP contribution in [0.3, 0.4) is 0 Å². The van der Waals surface area contributed by atoms with Gasteiger partial charge in [0.2, 0.25) is 5.91 Å². The van der Waals surface area contributed by atoms with Crippen molar-refractivity contribution in [2.45, 2.75) is 38.6 Å². The molecule has 1 unspecified atom stereocenters. The topological polar surface area (TPSA) is 42.2 Å². The van der Waals surface area contributed by atoms with Crippen LogP contribution in [0, 0.1) is 5.92 Å². The first-order valence-electron chi connectivity index (χ1n) is 5.46. The van der Waals surface area contributed by atoms with Crippen molar-refractivity contribution in [1.29, 1.82) is 0 Å². The number of amides is 1. The third-order valence-corrected chi connectivity index (χ3v) is 3.36. The molecule has 1 saturated heterocycles. The Kier molecular flexibility index (Phi) is 2.55. The minimum atomic E-state index is -0.102. The van der Waals surface area contributed by atoms with E-state index in [0.717, 1.165) is 18.6 Å². The highest BCUT2D eigenvalue weighted by atomic mass is 16.3. The van der Waals surface area contributed by atoms with Gasteiger partial charge in [0.25, 0.3) is 0 Å². The summed E-state index contributed by atoms with van der Waals surface area (Å²) in [5, 5.41) is 3.11. The number of hydrogen-bond acceptors (Lipinski definition) is 2. The van der Waals surface area contributed by atoms with Crippen molar-refractivity contribution in [1.82, 2.24) is 5.32 Å². The zero-order chi connectivity index (χ0) is 10.9. The first kappa shape index (κ1) is 10.3. The molecule has 0 aliphatic carbocycles. The average Bonchev–Trinajstić information content (AvgIpc) is 2.77. The van der Waals surface area contributed by atoms with E-state index in [4.69, 9.17) is 4.42 Å². The summed E-state index contributed by atoms with van der Waals surface area (Å²) in [4.78, 5) is 11.3. The van der Waals surface area contributed by atoms with Gasteiger partial charge in [-0.2, -0.15) is 0 Å². The van der Waals surface area contributed by atoms with Crippen LogP contribution >= 0.6 is 0 Å². The molecule has 0 radical (unpaired) electrons. The Morgan fingerprint density at radius 3 is 2.87 bits per heavy atom. The van der Waals surface area contributed by atoms with Gasteiger partial charge in [-0.05, 0) is 24.5 Å². The highest BCUT2D eigenvalue weighted by Crippen LogP contribution is 2.31. The molecule has 2 rings (SSSR count). The predicted octanol–water partition coefficient (Wildman–Crippen LogP) is 2.13. The first-order chi connectivity index (χ1) is 7.12. The second kappa shape index (κ2) is 3.72. The normalized spacial score (nSPS) is 25.9. The lowest BCUT2D eigenvalue weighted by molar-refractivity contribution is -0.120. The fraction of sp³-hybridized carbons (Fsp3) is 0.583. The lowest BCUT2D eigenvalue weighted by atomic mass is 9.81. The van der Waals surface area contributed by atoms with Gasteiger partial charge in [-0.25, -0.2) is 0 Å². The molecule has 1 atom stereocenters. The highest BCUT2D eigenvalue weighted by Gasteiger charge is 2.40. The molecule has 0 bridgehead atoms. The van der Waals surface area contributed by atoms with Crippen molar-refractivity contribution in [2.75, 3.05) is 0 Å². The van der Waals surface area contributed by atoms with Gasteiger partial charge in [0.05, 0.1) is 6.26 Å². The largest absolute Gasteiger partial charge is 0.469 e. The van der Waals surface area contributed by atoms with Gasteiger partial charge in [-0.3, -0.25) is 4.79 Å². The van der Waals surface area contributed by atoms with Gasteiger partial charge >= 0.3 is 0 Å². The zero-order valence-electron chi connectivity index (χ0n) is 9.25. The predicted molar refractivity (Wildman–Crippen MR) is 57.4 cm³/mol. The quantitative estimate of drug-likeness (QED) is 0.825. The summed E-state index contributed by atoms with van der Waals surface area (Å²) in [5.74, 6) is 1.54. The number of hydrogen-bond donors (Lipinski definition) is 1. The van der Waals surface area contributed by atoms with E-state index in [1.54, 1.807) is 6.26 Å². The fourth-order valence-corrected chi connectivity index (χ4v) is 2.23. The molecule has 1 amide bonds. The second-order valence-corrected chi connectivity index (χ2v) is 4.62. The summed E-state index contributed by atoms with van der Waals surface area (Å²) >= 11 is 0.